The minimum atomic E-state index is -4.65. The number of hydrogen-bond donors (Lipinski definition) is 1. The molecule has 0 aliphatic carbocycles. The molecule has 1 atom stereocenters. The Hall–Kier alpha value is -4.27. The molecule has 41 heavy (non-hydrogen) atoms. The highest BCUT2D eigenvalue weighted by molar-refractivity contribution is 5.99. The number of H-pyrrole nitrogens is 1. The number of allylic oxidation sites excluding steroid dienone is 2. The van der Waals surface area contributed by atoms with Crippen molar-refractivity contribution in [3.05, 3.63) is 119 Å². The van der Waals surface area contributed by atoms with Crippen molar-refractivity contribution in [1.82, 2.24) is 4.98 Å². The van der Waals surface area contributed by atoms with E-state index in [1.54, 1.807) is 18.2 Å². The van der Waals surface area contributed by atoms with Crippen molar-refractivity contribution in [3.8, 4) is 11.5 Å². The number of aryl methyl sites for hydroxylation is 1. The van der Waals surface area contributed by atoms with Crippen molar-refractivity contribution in [2.75, 3.05) is 0 Å². The molecule has 9 heteroatoms. The van der Waals surface area contributed by atoms with Crippen molar-refractivity contribution in [2.45, 2.75) is 45.2 Å². The summed E-state index contributed by atoms with van der Waals surface area (Å²) in [4.78, 5) is 6.85. The summed E-state index contributed by atoms with van der Waals surface area (Å²) in [6.07, 6.45) is 0.735. The highest BCUT2D eigenvalue weighted by atomic mass is 19.4. The standard InChI is InChI=1S/C32H28F6N2O/c1-5-6-8-21-9-7-10-22(15-21)31(4,32(36,37)38)19(2)18-40-20(3)25-16-23(11-12-26(25)33)41-30-27(34)17-28-24(29(30)35)13-14-39-28/h5,7,9-18,39H,1,6,8H2,2-4H3/b19-18+,40-20?. The summed E-state index contributed by atoms with van der Waals surface area (Å²) in [5.41, 5.74) is -1.50. The zero-order valence-corrected chi connectivity index (χ0v) is 22.7. The number of fused-ring (bicyclic) bond motifs is 1. The van der Waals surface area contributed by atoms with E-state index in [1.807, 2.05) is 0 Å². The van der Waals surface area contributed by atoms with Crippen LogP contribution in [-0.4, -0.2) is 16.9 Å². The second kappa shape index (κ2) is 11.7. The highest BCUT2D eigenvalue weighted by Crippen LogP contribution is 2.46. The predicted octanol–water partition coefficient (Wildman–Crippen LogP) is 9.73. The number of hydrogen-bond acceptors (Lipinski definition) is 2. The molecule has 0 radical (unpaired) electrons. The first-order valence-corrected chi connectivity index (χ1v) is 12.8. The number of benzene rings is 3. The van der Waals surface area contributed by atoms with Gasteiger partial charge in [0.2, 0.25) is 0 Å². The number of nitrogens with one attached hydrogen (secondary N) is 1. The van der Waals surface area contributed by atoms with Gasteiger partial charge in [0.25, 0.3) is 0 Å². The van der Waals surface area contributed by atoms with Gasteiger partial charge in [-0.05, 0) is 74.6 Å². The van der Waals surface area contributed by atoms with E-state index in [0.717, 1.165) is 30.8 Å². The first-order chi connectivity index (χ1) is 19.4. The van der Waals surface area contributed by atoms with Gasteiger partial charge in [0.15, 0.2) is 17.4 Å². The molecule has 4 aromatic rings. The largest absolute Gasteiger partial charge is 0.451 e. The van der Waals surface area contributed by atoms with Gasteiger partial charge in [-0.2, -0.15) is 13.2 Å². The van der Waals surface area contributed by atoms with Gasteiger partial charge in [0, 0.05) is 35.1 Å². The van der Waals surface area contributed by atoms with E-state index in [2.05, 4.69) is 16.6 Å². The van der Waals surface area contributed by atoms with Crippen LogP contribution < -0.4 is 4.74 Å². The number of aromatic amines is 1. The van der Waals surface area contributed by atoms with E-state index < -0.39 is 34.8 Å². The van der Waals surface area contributed by atoms with E-state index in [0.29, 0.717) is 12.8 Å². The number of aliphatic imine (C=N–C) groups is 1. The van der Waals surface area contributed by atoms with Gasteiger partial charge in [0.1, 0.15) is 17.0 Å². The Morgan fingerprint density at radius 1 is 1.00 bits per heavy atom. The van der Waals surface area contributed by atoms with Crippen molar-refractivity contribution < 1.29 is 31.1 Å². The number of rotatable bonds is 9. The molecule has 1 N–H and O–H groups in total. The van der Waals surface area contributed by atoms with Crippen molar-refractivity contribution in [3.63, 3.8) is 0 Å². The van der Waals surface area contributed by atoms with Gasteiger partial charge in [-0.1, -0.05) is 30.3 Å². The molecule has 0 amide bonds. The molecule has 214 valence electrons. The van der Waals surface area contributed by atoms with Crippen LogP contribution in [0.15, 0.2) is 90.2 Å². The first-order valence-electron chi connectivity index (χ1n) is 12.8. The van der Waals surface area contributed by atoms with E-state index in [9.17, 15) is 26.3 Å². The summed E-state index contributed by atoms with van der Waals surface area (Å²) in [6, 6.07) is 12.2. The molecule has 1 aromatic heterocycles. The van der Waals surface area contributed by atoms with Gasteiger partial charge < -0.3 is 9.72 Å². The lowest BCUT2D eigenvalue weighted by Gasteiger charge is -2.33. The van der Waals surface area contributed by atoms with Gasteiger partial charge >= 0.3 is 6.18 Å². The van der Waals surface area contributed by atoms with Crippen LogP contribution in [0, 0.1) is 17.5 Å². The Kier molecular flexibility index (Phi) is 8.47. The van der Waals surface area contributed by atoms with Crippen LogP contribution in [0.25, 0.3) is 10.9 Å². The number of aromatic nitrogens is 1. The monoisotopic (exact) mass is 570 g/mol. The maximum Gasteiger partial charge on any atom is 0.401 e. The Balaban J connectivity index is 1.68. The molecule has 0 fully saturated rings. The van der Waals surface area contributed by atoms with Crippen molar-refractivity contribution in [1.29, 1.82) is 0 Å². The van der Waals surface area contributed by atoms with Crippen LogP contribution in [0.2, 0.25) is 0 Å². The van der Waals surface area contributed by atoms with Crippen LogP contribution in [-0.2, 0) is 11.8 Å². The maximum absolute atomic E-state index is 14.8. The summed E-state index contributed by atoms with van der Waals surface area (Å²) >= 11 is 0. The first kappa shape index (κ1) is 29.7. The zero-order valence-electron chi connectivity index (χ0n) is 22.7. The molecule has 3 aromatic carbocycles. The number of nitrogens with zero attached hydrogens (tertiary/aromatic N) is 1. The van der Waals surface area contributed by atoms with Crippen molar-refractivity contribution >= 4 is 16.6 Å². The van der Waals surface area contributed by atoms with E-state index >= 15 is 0 Å². The fourth-order valence-corrected chi connectivity index (χ4v) is 4.48. The van der Waals surface area contributed by atoms with Gasteiger partial charge in [-0.25, -0.2) is 13.2 Å². The minimum absolute atomic E-state index is 0.0404. The third-order valence-electron chi connectivity index (χ3n) is 7.20. The molecule has 0 saturated heterocycles. The fourth-order valence-electron chi connectivity index (χ4n) is 4.48. The normalized spacial score (nSPS) is 14.3. The van der Waals surface area contributed by atoms with Crippen LogP contribution in [0.3, 0.4) is 0 Å². The Morgan fingerprint density at radius 2 is 1.76 bits per heavy atom. The summed E-state index contributed by atoms with van der Waals surface area (Å²) < 4.78 is 93.0. The molecule has 1 unspecified atom stereocenters. The summed E-state index contributed by atoms with van der Waals surface area (Å²) in [7, 11) is 0. The number of halogens is 6. The quantitative estimate of drug-likeness (QED) is 0.121. The molecular formula is C32H28F6N2O. The smallest absolute Gasteiger partial charge is 0.401 e. The molecule has 4 rings (SSSR count). The molecule has 3 nitrogen and oxygen atoms in total. The molecule has 0 aliphatic heterocycles. The van der Waals surface area contributed by atoms with E-state index in [4.69, 9.17) is 4.74 Å². The Morgan fingerprint density at radius 3 is 2.46 bits per heavy atom. The van der Waals surface area contributed by atoms with E-state index in [-0.39, 0.29) is 39.1 Å². The second-order valence-electron chi connectivity index (χ2n) is 9.86. The van der Waals surface area contributed by atoms with Crippen LogP contribution in [0.4, 0.5) is 26.3 Å². The lowest BCUT2D eigenvalue weighted by molar-refractivity contribution is -0.174. The van der Waals surface area contributed by atoms with E-state index in [1.165, 1.54) is 50.4 Å². The predicted molar refractivity (Wildman–Crippen MR) is 149 cm³/mol. The molecule has 0 aliphatic rings. The van der Waals surface area contributed by atoms with Gasteiger partial charge in [0.05, 0.1) is 5.52 Å². The molecule has 0 saturated carbocycles. The lowest BCUT2D eigenvalue weighted by atomic mass is 9.75. The number of alkyl halides is 3. The van der Waals surface area contributed by atoms with Gasteiger partial charge in [-0.15, -0.1) is 6.58 Å². The molecule has 0 spiro atoms. The third-order valence-corrected chi connectivity index (χ3v) is 7.20. The average molecular weight is 571 g/mol. The summed E-state index contributed by atoms with van der Waals surface area (Å²) in [6.45, 7) is 7.47. The molecule has 0 bridgehead atoms. The van der Waals surface area contributed by atoms with Crippen LogP contribution in [0.1, 0.15) is 43.9 Å². The molecular weight excluding hydrogens is 542 g/mol. The van der Waals surface area contributed by atoms with Crippen molar-refractivity contribution in [2.24, 2.45) is 4.99 Å². The molecule has 1 heterocycles. The fraction of sp³-hybridized carbons (Fsp3) is 0.219. The highest BCUT2D eigenvalue weighted by Gasteiger charge is 2.53. The zero-order chi connectivity index (χ0) is 29.9. The number of ether oxygens (including phenoxy) is 1. The Bertz CT molecular complexity index is 1650. The summed E-state index contributed by atoms with van der Waals surface area (Å²) in [5.74, 6) is -3.39. The maximum atomic E-state index is 14.8. The minimum Gasteiger partial charge on any atom is -0.451 e. The SMILES string of the molecule is C=CCCc1cccc(C(C)(/C(C)=C/N=C(C)c2cc(Oc3c(F)cc4[nH]ccc4c3F)ccc2F)C(F)(F)F)c1. The Labute approximate surface area is 233 Å². The van der Waals surface area contributed by atoms with Gasteiger partial charge in [-0.3, -0.25) is 4.99 Å². The lowest BCUT2D eigenvalue weighted by Crippen LogP contribution is -2.40. The second-order valence-corrected chi connectivity index (χ2v) is 9.86. The van der Waals surface area contributed by atoms with Crippen LogP contribution in [0.5, 0.6) is 11.5 Å². The average Bonchev–Trinajstić information content (AvgIpc) is 3.41. The topological polar surface area (TPSA) is 37.4 Å². The third kappa shape index (κ3) is 5.94. The van der Waals surface area contributed by atoms with Crippen LogP contribution >= 0.6 is 0 Å². The summed E-state index contributed by atoms with van der Waals surface area (Å²) in [5, 5.41) is 0.112.